The Kier molecular flexibility index (Phi) is 2.96. The van der Waals surface area contributed by atoms with E-state index in [4.69, 9.17) is 14.2 Å². The summed E-state index contributed by atoms with van der Waals surface area (Å²) in [5.41, 5.74) is 0.334. The Bertz CT molecular complexity index is 432. The Balaban J connectivity index is 2.10. The molecular formula is C13H16O4. The molecule has 0 spiro atoms. The normalized spacial score (nSPS) is 13.6. The van der Waals surface area contributed by atoms with Crippen molar-refractivity contribution in [1.29, 1.82) is 0 Å². The molecule has 0 aliphatic carbocycles. The van der Waals surface area contributed by atoms with Gasteiger partial charge in [0.2, 0.25) is 6.79 Å². The molecule has 0 aromatic heterocycles. The van der Waals surface area contributed by atoms with E-state index in [1.807, 2.05) is 39.0 Å². The van der Waals surface area contributed by atoms with Crippen molar-refractivity contribution in [3.8, 4) is 11.5 Å². The first-order chi connectivity index (χ1) is 7.96. The Morgan fingerprint density at radius 1 is 1.35 bits per heavy atom. The zero-order chi connectivity index (χ0) is 12.5. The fourth-order valence-electron chi connectivity index (χ4n) is 1.66. The zero-order valence-corrected chi connectivity index (χ0v) is 10.3. The molecule has 1 aliphatic rings. The molecule has 0 bridgehead atoms. The topological polar surface area (TPSA) is 44.8 Å². The van der Waals surface area contributed by atoms with Gasteiger partial charge in [-0.1, -0.05) is 12.1 Å². The van der Waals surface area contributed by atoms with Crippen LogP contribution in [0.25, 0.3) is 0 Å². The monoisotopic (exact) mass is 236 g/mol. The summed E-state index contributed by atoms with van der Waals surface area (Å²) in [5.74, 6) is 1.07. The summed E-state index contributed by atoms with van der Waals surface area (Å²) in [5, 5.41) is 0. The SMILES string of the molecule is CC(C)(C)OC(=O)Cc1cccc2c1OCO2. The van der Waals surface area contributed by atoms with Gasteiger partial charge >= 0.3 is 5.97 Å². The van der Waals surface area contributed by atoms with Gasteiger partial charge in [-0.2, -0.15) is 0 Å². The van der Waals surface area contributed by atoms with E-state index in [1.165, 1.54) is 0 Å². The molecule has 1 aliphatic heterocycles. The number of benzene rings is 1. The number of fused-ring (bicyclic) bond motifs is 1. The van der Waals surface area contributed by atoms with Gasteiger partial charge in [-0.05, 0) is 26.8 Å². The van der Waals surface area contributed by atoms with Crippen LogP contribution >= 0.6 is 0 Å². The van der Waals surface area contributed by atoms with E-state index in [1.54, 1.807) is 0 Å². The van der Waals surface area contributed by atoms with Gasteiger partial charge in [0.1, 0.15) is 5.60 Å². The number of esters is 1. The molecule has 1 aromatic rings. The molecule has 0 amide bonds. The second kappa shape index (κ2) is 4.28. The minimum atomic E-state index is -0.466. The van der Waals surface area contributed by atoms with Gasteiger partial charge in [0, 0.05) is 5.56 Å². The second-order valence-corrected chi connectivity index (χ2v) is 4.91. The molecule has 1 heterocycles. The lowest BCUT2D eigenvalue weighted by Crippen LogP contribution is -2.24. The van der Waals surface area contributed by atoms with Crippen LogP contribution in [0.2, 0.25) is 0 Å². The second-order valence-electron chi connectivity index (χ2n) is 4.91. The van der Waals surface area contributed by atoms with Gasteiger partial charge in [-0.15, -0.1) is 0 Å². The van der Waals surface area contributed by atoms with E-state index in [0.717, 1.165) is 5.56 Å². The van der Waals surface area contributed by atoms with Crippen molar-refractivity contribution in [3.05, 3.63) is 23.8 Å². The lowest BCUT2D eigenvalue weighted by atomic mass is 10.1. The highest BCUT2D eigenvalue weighted by Gasteiger charge is 2.22. The molecular weight excluding hydrogens is 220 g/mol. The molecule has 0 saturated carbocycles. The predicted molar refractivity (Wildman–Crippen MR) is 62.1 cm³/mol. The van der Waals surface area contributed by atoms with E-state index in [-0.39, 0.29) is 19.2 Å². The first-order valence-electron chi connectivity index (χ1n) is 5.55. The minimum Gasteiger partial charge on any atom is -0.460 e. The van der Waals surface area contributed by atoms with Gasteiger partial charge < -0.3 is 14.2 Å². The van der Waals surface area contributed by atoms with Crippen LogP contribution in [0.5, 0.6) is 11.5 Å². The van der Waals surface area contributed by atoms with Crippen molar-refractivity contribution in [3.63, 3.8) is 0 Å². The largest absolute Gasteiger partial charge is 0.460 e. The smallest absolute Gasteiger partial charge is 0.310 e. The van der Waals surface area contributed by atoms with Crippen LogP contribution < -0.4 is 9.47 Å². The Morgan fingerprint density at radius 3 is 2.82 bits per heavy atom. The molecule has 0 fully saturated rings. The maximum absolute atomic E-state index is 11.7. The minimum absolute atomic E-state index is 0.198. The van der Waals surface area contributed by atoms with Crippen molar-refractivity contribution in [2.45, 2.75) is 32.8 Å². The number of para-hydroxylation sites is 1. The highest BCUT2D eigenvalue weighted by molar-refractivity contribution is 5.74. The fourth-order valence-corrected chi connectivity index (χ4v) is 1.66. The van der Waals surface area contributed by atoms with Gasteiger partial charge in [-0.3, -0.25) is 4.79 Å². The number of carbonyl (C=O) groups is 1. The molecule has 92 valence electrons. The number of hydrogen-bond donors (Lipinski definition) is 0. The molecule has 17 heavy (non-hydrogen) atoms. The third kappa shape index (κ3) is 2.90. The number of carbonyl (C=O) groups excluding carboxylic acids is 1. The van der Waals surface area contributed by atoms with Crippen LogP contribution in [0.15, 0.2) is 18.2 Å². The van der Waals surface area contributed by atoms with E-state index >= 15 is 0 Å². The van der Waals surface area contributed by atoms with Gasteiger partial charge in [0.15, 0.2) is 11.5 Å². The summed E-state index contributed by atoms with van der Waals surface area (Å²) in [6.45, 7) is 5.75. The van der Waals surface area contributed by atoms with Gasteiger partial charge in [-0.25, -0.2) is 0 Å². The molecule has 0 radical (unpaired) electrons. The molecule has 4 nitrogen and oxygen atoms in total. The fraction of sp³-hybridized carbons (Fsp3) is 0.462. The average molecular weight is 236 g/mol. The Hall–Kier alpha value is -1.71. The van der Waals surface area contributed by atoms with Crippen molar-refractivity contribution in [1.82, 2.24) is 0 Å². The summed E-state index contributed by atoms with van der Waals surface area (Å²) in [6.07, 6.45) is 0.198. The molecule has 0 saturated heterocycles. The lowest BCUT2D eigenvalue weighted by molar-refractivity contribution is -0.153. The maximum Gasteiger partial charge on any atom is 0.310 e. The van der Waals surface area contributed by atoms with E-state index in [9.17, 15) is 4.79 Å². The first kappa shape index (κ1) is 11.8. The lowest BCUT2D eigenvalue weighted by Gasteiger charge is -2.19. The Labute approximate surface area is 100 Å². The molecule has 2 rings (SSSR count). The number of hydrogen-bond acceptors (Lipinski definition) is 4. The molecule has 4 heteroatoms. The summed E-state index contributed by atoms with van der Waals surface area (Å²) in [4.78, 5) is 11.7. The van der Waals surface area contributed by atoms with Crippen molar-refractivity contribution < 1.29 is 19.0 Å². The van der Waals surface area contributed by atoms with E-state index in [0.29, 0.717) is 11.5 Å². The van der Waals surface area contributed by atoms with Crippen molar-refractivity contribution >= 4 is 5.97 Å². The molecule has 1 aromatic carbocycles. The Morgan fingerprint density at radius 2 is 2.12 bits per heavy atom. The zero-order valence-electron chi connectivity index (χ0n) is 10.3. The highest BCUT2D eigenvalue weighted by atomic mass is 16.7. The molecule has 0 unspecified atom stereocenters. The van der Waals surface area contributed by atoms with Crippen LogP contribution in [0.3, 0.4) is 0 Å². The summed E-state index contributed by atoms with van der Waals surface area (Å²) in [7, 11) is 0. The van der Waals surface area contributed by atoms with Crippen LogP contribution in [0.4, 0.5) is 0 Å². The number of ether oxygens (including phenoxy) is 3. The molecule has 0 N–H and O–H groups in total. The first-order valence-corrected chi connectivity index (χ1v) is 5.55. The van der Waals surface area contributed by atoms with Gasteiger partial charge in [0.05, 0.1) is 6.42 Å². The van der Waals surface area contributed by atoms with Crippen molar-refractivity contribution in [2.75, 3.05) is 6.79 Å². The third-order valence-electron chi connectivity index (χ3n) is 2.23. The molecule has 0 atom stereocenters. The van der Waals surface area contributed by atoms with Crippen LogP contribution in [0.1, 0.15) is 26.3 Å². The van der Waals surface area contributed by atoms with E-state index in [2.05, 4.69) is 0 Å². The average Bonchev–Trinajstić information content (AvgIpc) is 2.63. The van der Waals surface area contributed by atoms with Gasteiger partial charge in [0.25, 0.3) is 0 Å². The van der Waals surface area contributed by atoms with Crippen molar-refractivity contribution in [2.24, 2.45) is 0 Å². The van der Waals surface area contributed by atoms with E-state index < -0.39 is 5.60 Å². The summed E-state index contributed by atoms with van der Waals surface area (Å²) >= 11 is 0. The standard InChI is InChI=1S/C13H16O4/c1-13(2,3)17-11(14)7-9-5-4-6-10-12(9)16-8-15-10/h4-6H,7-8H2,1-3H3. The predicted octanol–water partition coefficient (Wildman–Crippen LogP) is 2.30. The van der Waals surface area contributed by atoms with Crippen LogP contribution in [-0.4, -0.2) is 18.4 Å². The van der Waals surface area contributed by atoms with Crippen LogP contribution in [0, 0.1) is 0 Å². The maximum atomic E-state index is 11.7. The number of rotatable bonds is 2. The van der Waals surface area contributed by atoms with Crippen LogP contribution in [-0.2, 0) is 16.0 Å². The third-order valence-corrected chi connectivity index (χ3v) is 2.23. The summed E-state index contributed by atoms with van der Waals surface area (Å²) < 4.78 is 15.8. The summed E-state index contributed by atoms with van der Waals surface area (Å²) in [6, 6.07) is 5.51. The highest BCUT2D eigenvalue weighted by Crippen LogP contribution is 2.35. The quantitative estimate of drug-likeness (QED) is 0.739.